The fourth-order valence-electron chi connectivity index (χ4n) is 2.68. The summed E-state index contributed by atoms with van der Waals surface area (Å²) in [5.74, 6) is -0.818. The average molecular weight is 295 g/mol. The summed E-state index contributed by atoms with van der Waals surface area (Å²) >= 11 is 0. The van der Waals surface area contributed by atoms with Gasteiger partial charge in [-0.3, -0.25) is 14.7 Å². The van der Waals surface area contributed by atoms with Crippen LogP contribution in [0.15, 0.2) is 18.5 Å². The third kappa shape index (κ3) is 4.75. The van der Waals surface area contributed by atoms with E-state index in [2.05, 4.69) is 15.2 Å². The standard InChI is InChI=1S/C15H22FN3O2/c16-13-8-12(9-17-10-13)15(21)18-5-3-7-19-6-2-1-4-14(19)11-20/h8-10,14,20H,1-7,11H2,(H,18,21)/t14-/m1/s1. The van der Waals surface area contributed by atoms with Gasteiger partial charge in [-0.2, -0.15) is 0 Å². The van der Waals surface area contributed by atoms with Gasteiger partial charge in [-0.05, 0) is 31.9 Å². The summed E-state index contributed by atoms with van der Waals surface area (Å²) in [6, 6.07) is 1.43. The van der Waals surface area contributed by atoms with Crippen molar-refractivity contribution in [3.05, 3.63) is 29.8 Å². The van der Waals surface area contributed by atoms with E-state index in [1.807, 2.05) is 0 Å². The number of aliphatic hydroxyl groups excluding tert-OH is 1. The van der Waals surface area contributed by atoms with Crippen molar-refractivity contribution >= 4 is 5.91 Å². The molecule has 1 aliphatic heterocycles. The van der Waals surface area contributed by atoms with Crippen molar-refractivity contribution in [2.24, 2.45) is 0 Å². The number of nitrogens with one attached hydrogen (secondary N) is 1. The fraction of sp³-hybridized carbons (Fsp3) is 0.600. The number of pyridine rings is 1. The lowest BCUT2D eigenvalue weighted by Gasteiger charge is -2.34. The highest BCUT2D eigenvalue weighted by Crippen LogP contribution is 2.16. The number of piperidine rings is 1. The maximum absolute atomic E-state index is 13.0. The van der Waals surface area contributed by atoms with E-state index in [-0.39, 0.29) is 24.1 Å². The number of hydrogen-bond donors (Lipinski definition) is 2. The minimum atomic E-state index is -0.512. The Morgan fingerprint density at radius 2 is 2.33 bits per heavy atom. The molecule has 1 atom stereocenters. The van der Waals surface area contributed by atoms with E-state index in [9.17, 15) is 14.3 Å². The smallest absolute Gasteiger partial charge is 0.252 e. The predicted octanol–water partition coefficient (Wildman–Crippen LogP) is 1.19. The maximum atomic E-state index is 13.0. The predicted molar refractivity (Wildman–Crippen MR) is 77.4 cm³/mol. The molecule has 1 aromatic rings. The van der Waals surface area contributed by atoms with Crippen molar-refractivity contribution in [3.63, 3.8) is 0 Å². The number of likely N-dealkylation sites (tertiary alicyclic amines) is 1. The number of aliphatic hydroxyl groups is 1. The second-order valence-corrected chi connectivity index (χ2v) is 5.37. The number of hydrogen-bond acceptors (Lipinski definition) is 4. The van der Waals surface area contributed by atoms with Gasteiger partial charge in [0.25, 0.3) is 5.91 Å². The van der Waals surface area contributed by atoms with Gasteiger partial charge in [-0.25, -0.2) is 4.39 Å². The Balaban J connectivity index is 1.70. The molecule has 2 heterocycles. The van der Waals surface area contributed by atoms with Crippen molar-refractivity contribution in [3.8, 4) is 0 Å². The van der Waals surface area contributed by atoms with Gasteiger partial charge in [0.05, 0.1) is 18.4 Å². The molecule has 1 amide bonds. The van der Waals surface area contributed by atoms with Crippen LogP contribution in [0.4, 0.5) is 4.39 Å². The highest BCUT2D eigenvalue weighted by Gasteiger charge is 2.20. The molecule has 116 valence electrons. The Morgan fingerprint density at radius 3 is 3.10 bits per heavy atom. The monoisotopic (exact) mass is 295 g/mol. The third-order valence-corrected chi connectivity index (χ3v) is 3.83. The summed E-state index contributed by atoms with van der Waals surface area (Å²) in [7, 11) is 0. The Kier molecular flexibility index (Phi) is 6.07. The third-order valence-electron chi connectivity index (χ3n) is 3.83. The first-order chi connectivity index (χ1) is 10.2. The Bertz CT molecular complexity index is 470. The highest BCUT2D eigenvalue weighted by molar-refractivity contribution is 5.93. The number of rotatable bonds is 6. The van der Waals surface area contributed by atoms with Crippen LogP contribution >= 0.6 is 0 Å². The molecule has 0 spiro atoms. The van der Waals surface area contributed by atoms with E-state index in [0.717, 1.165) is 38.5 Å². The van der Waals surface area contributed by atoms with Gasteiger partial charge in [0.1, 0.15) is 5.82 Å². The molecule has 6 heteroatoms. The average Bonchev–Trinajstić information content (AvgIpc) is 2.51. The molecule has 0 aromatic carbocycles. The first-order valence-electron chi connectivity index (χ1n) is 7.44. The van der Waals surface area contributed by atoms with Crippen molar-refractivity contribution < 1.29 is 14.3 Å². The van der Waals surface area contributed by atoms with E-state index in [4.69, 9.17) is 0 Å². The summed E-state index contributed by atoms with van der Waals surface area (Å²) < 4.78 is 13.0. The summed E-state index contributed by atoms with van der Waals surface area (Å²) in [4.78, 5) is 17.7. The molecule has 0 radical (unpaired) electrons. The molecule has 0 saturated carbocycles. The Labute approximate surface area is 124 Å². The van der Waals surface area contributed by atoms with E-state index < -0.39 is 5.82 Å². The number of nitrogens with zero attached hydrogens (tertiary/aromatic N) is 2. The lowest BCUT2D eigenvalue weighted by molar-refractivity contribution is 0.0868. The normalized spacial score (nSPS) is 19.4. The van der Waals surface area contributed by atoms with E-state index in [1.54, 1.807) is 0 Å². The molecule has 1 fully saturated rings. The van der Waals surface area contributed by atoms with Crippen molar-refractivity contribution in [2.75, 3.05) is 26.2 Å². The van der Waals surface area contributed by atoms with Crippen LogP contribution in [-0.4, -0.2) is 53.2 Å². The van der Waals surface area contributed by atoms with Gasteiger partial charge in [0.15, 0.2) is 0 Å². The molecule has 2 N–H and O–H groups in total. The van der Waals surface area contributed by atoms with Crippen LogP contribution in [-0.2, 0) is 0 Å². The second-order valence-electron chi connectivity index (χ2n) is 5.37. The lowest BCUT2D eigenvalue weighted by atomic mass is 10.0. The summed E-state index contributed by atoms with van der Waals surface area (Å²) in [6.07, 6.45) is 6.61. The van der Waals surface area contributed by atoms with Gasteiger partial charge >= 0.3 is 0 Å². The molecule has 1 aliphatic rings. The molecule has 1 saturated heterocycles. The van der Waals surface area contributed by atoms with E-state index in [1.165, 1.54) is 18.7 Å². The molecule has 0 unspecified atom stereocenters. The van der Waals surface area contributed by atoms with E-state index in [0.29, 0.717) is 6.54 Å². The van der Waals surface area contributed by atoms with Crippen LogP contribution in [0.2, 0.25) is 0 Å². The number of aromatic nitrogens is 1. The van der Waals surface area contributed by atoms with Gasteiger partial charge < -0.3 is 10.4 Å². The zero-order chi connectivity index (χ0) is 15.1. The van der Waals surface area contributed by atoms with Gasteiger partial charge in [-0.15, -0.1) is 0 Å². The Hall–Kier alpha value is -1.53. The fourth-order valence-corrected chi connectivity index (χ4v) is 2.68. The van der Waals surface area contributed by atoms with Crippen molar-refractivity contribution in [1.82, 2.24) is 15.2 Å². The zero-order valence-corrected chi connectivity index (χ0v) is 12.1. The molecule has 5 nitrogen and oxygen atoms in total. The minimum Gasteiger partial charge on any atom is -0.395 e. The Morgan fingerprint density at radius 1 is 1.48 bits per heavy atom. The largest absolute Gasteiger partial charge is 0.395 e. The van der Waals surface area contributed by atoms with Crippen molar-refractivity contribution in [2.45, 2.75) is 31.7 Å². The van der Waals surface area contributed by atoms with E-state index >= 15 is 0 Å². The lowest BCUT2D eigenvalue weighted by Crippen LogP contribution is -2.43. The second kappa shape index (κ2) is 8.05. The summed E-state index contributed by atoms with van der Waals surface area (Å²) in [6.45, 7) is 2.59. The molecule has 0 bridgehead atoms. The van der Waals surface area contributed by atoms with Crippen LogP contribution in [0.3, 0.4) is 0 Å². The van der Waals surface area contributed by atoms with Gasteiger partial charge in [0.2, 0.25) is 0 Å². The molecule has 1 aromatic heterocycles. The number of carbonyl (C=O) groups excluding carboxylic acids is 1. The first kappa shape index (κ1) is 15.9. The summed E-state index contributed by atoms with van der Waals surface area (Å²) in [5, 5.41) is 12.1. The van der Waals surface area contributed by atoms with Crippen molar-refractivity contribution in [1.29, 1.82) is 0 Å². The highest BCUT2D eigenvalue weighted by atomic mass is 19.1. The van der Waals surface area contributed by atoms with Crippen LogP contribution in [0, 0.1) is 5.82 Å². The van der Waals surface area contributed by atoms with Crippen LogP contribution < -0.4 is 5.32 Å². The van der Waals surface area contributed by atoms with Crippen LogP contribution in [0.25, 0.3) is 0 Å². The minimum absolute atomic E-state index is 0.196. The first-order valence-corrected chi connectivity index (χ1v) is 7.44. The number of carbonyl (C=O) groups is 1. The molecule has 2 rings (SSSR count). The number of amides is 1. The molecular weight excluding hydrogens is 273 g/mol. The van der Waals surface area contributed by atoms with Crippen LogP contribution in [0.1, 0.15) is 36.0 Å². The number of halogens is 1. The van der Waals surface area contributed by atoms with Gasteiger partial charge in [-0.1, -0.05) is 6.42 Å². The maximum Gasteiger partial charge on any atom is 0.252 e. The topological polar surface area (TPSA) is 65.5 Å². The summed E-state index contributed by atoms with van der Waals surface area (Å²) in [5.41, 5.74) is 0.237. The molecule has 21 heavy (non-hydrogen) atoms. The van der Waals surface area contributed by atoms with Gasteiger partial charge in [0, 0.05) is 25.3 Å². The SMILES string of the molecule is O=C(NCCCN1CCCC[C@@H]1CO)c1cncc(F)c1. The molecular formula is C15H22FN3O2. The van der Waals surface area contributed by atoms with Crippen LogP contribution in [0.5, 0.6) is 0 Å². The zero-order valence-electron chi connectivity index (χ0n) is 12.1. The molecule has 0 aliphatic carbocycles. The quantitative estimate of drug-likeness (QED) is 0.774.